The largest absolute Gasteiger partial charge is 0.392 e. The van der Waals surface area contributed by atoms with Crippen molar-refractivity contribution >= 4 is 11.6 Å². The van der Waals surface area contributed by atoms with Crippen LogP contribution in [0.1, 0.15) is 52.9 Å². The number of ketones is 2. The third kappa shape index (κ3) is 1.62. The third-order valence-corrected chi connectivity index (χ3v) is 8.12. The van der Waals surface area contributed by atoms with Crippen molar-refractivity contribution < 1.29 is 19.8 Å². The molecule has 4 fully saturated rings. The highest BCUT2D eigenvalue weighted by Gasteiger charge is 2.74. The second-order valence-corrected chi connectivity index (χ2v) is 9.66. The van der Waals surface area contributed by atoms with E-state index >= 15 is 0 Å². The first kappa shape index (κ1) is 16.5. The predicted molar refractivity (Wildman–Crippen MR) is 89.0 cm³/mol. The lowest BCUT2D eigenvalue weighted by Gasteiger charge is -2.64. The summed E-state index contributed by atoms with van der Waals surface area (Å²) in [5, 5.41) is 22.1. The van der Waals surface area contributed by atoms with Gasteiger partial charge in [-0.2, -0.15) is 0 Å². The van der Waals surface area contributed by atoms with E-state index in [-0.39, 0.29) is 40.2 Å². The van der Waals surface area contributed by atoms with Crippen LogP contribution >= 0.6 is 0 Å². The number of carbonyl (C=O) groups excluding carboxylic acids is 2. The van der Waals surface area contributed by atoms with Gasteiger partial charge < -0.3 is 10.2 Å². The minimum atomic E-state index is -1.14. The molecule has 7 unspecified atom stereocenters. The van der Waals surface area contributed by atoms with Gasteiger partial charge in [0.15, 0.2) is 5.78 Å². The zero-order valence-electron chi connectivity index (χ0n) is 14.8. The summed E-state index contributed by atoms with van der Waals surface area (Å²) in [6, 6.07) is 0. The summed E-state index contributed by atoms with van der Waals surface area (Å²) in [7, 11) is 0. The van der Waals surface area contributed by atoms with E-state index in [1.165, 1.54) is 0 Å². The van der Waals surface area contributed by atoms with Gasteiger partial charge in [-0.15, -0.1) is 0 Å². The summed E-state index contributed by atoms with van der Waals surface area (Å²) in [5.41, 5.74) is -1.19. The summed E-state index contributed by atoms with van der Waals surface area (Å²) < 4.78 is 0. The standard InChI is InChI=1S/C20H28O4/c1-10-12-5-6-13-19(4)9-11(21)8-18(2,3)14(19)7-15(22)20(13,16(10)23)17(12)24/h12-15,17,22,24H,1,5-9H2,2-4H3. The monoisotopic (exact) mass is 332 g/mol. The molecule has 0 saturated heterocycles. The molecule has 4 nitrogen and oxygen atoms in total. The molecule has 2 bridgehead atoms. The lowest BCUT2D eigenvalue weighted by atomic mass is 9.39. The molecular weight excluding hydrogens is 304 g/mol. The summed E-state index contributed by atoms with van der Waals surface area (Å²) >= 11 is 0. The summed E-state index contributed by atoms with van der Waals surface area (Å²) in [4.78, 5) is 25.6. The van der Waals surface area contributed by atoms with Crippen molar-refractivity contribution in [2.24, 2.45) is 34.0 Å². The van der Waals surface area contributed by atoms with Crippen molar-refractivity contribution in [1.29, 1.82) is 0 Å². The number of Topliss-reactive ketones (excluding diaryl/α,β-unsaturated/α-hetero) is 2. The highest BCUT2D eigenvalue weighted by Crippen LogP contribution is 2.70. The molecular formula is C20H28O4. The van der Waals surface area contributed by atoms with Gasteiger partial charge in [0.1, 0.15) is 5.78 Å². The van der Waals surface area contributed by atoms with E-state index < -0.39 is 17.6 Å². The molecule has 24 heavy (non-hydrogen) atoms. The highest BCUT2D eigenvalue weighted by atomic mass is 16.3. The van der Waals surface area contributed by atoms with Crippen molar-refractivity contribution in [3.8, 4) is 0 Å². The number of aliphatic hydroxyl groups is 2. The summed E-state index contributed by atoms with van der Waals surface area (Å²) in [5.74, 6) is -0.105. The van der Waals surface area contributed by atoms with Gasteiger partial charge in [-0.25, -0.2) is 0 Å². The van der Waals surface area contributed by atoms with E-state index in [1.54, 1.807) is 0 Å². The Labute approximate surface area is 143 Å². The molecule has 0 radical (unpaired) electrons. The predicted octanol–water partition coefficient (Wildman–Crippen LogP) is 2.28. The van der Waals surface area contributed by atoms with Crippen LogP contribution in [0.5, 0.6) is 0 Å². The zero-order chi connectivity index (χ0) is 17.7. The number of rotatable bonds is 0. The quantitative estimate of drug-likeness (QED) is 0.667. The fourth-order valence-electron chi connectivity index (χ4n) is 7.35. The van der Waals surface area contributed by atoms with Gasteiger partial charge in [0.2, 0.25) is 0 Å². The van der Waals surface area contributed by atoms with Crippen molar-refractivity contribution in [3.63, 3.8) is 0 Å². The van der Waals surface area contributed by atoms with E-state index in [1.807, 2.05) is 0 Å². The molecule has 132 valence electrons. The lowest BCUT2D eigenvalue weighted by molar-refractivity contribution is -0.223. The van der Waals surface area contributed by atoms with E-state index in [9.17, 15) is 19.8 Å². The van der Waals surface area contributed by atoms with Gasteiger partial charge in [0.25, 0.3) is 0 Å². The Bertz CT molecular complexity index is 650. The minimum absolute atomic E-state index is 0.148. The van der Waals surface area contributed by atoms with Gasteiger partial charge in [0, 0.05) is 18.8 Å². The molecule has 0 aromatic carbocycles. The second kappa shape index (κ2) is 4.59. The fraction of sp³-hybridized carbons (Fsp3) is 0.800. The van der Waals surface area contributed by atoms with Gasteiger partial charge >= 0.3 is 0 Å². The fourth-order valence-corrected chi connectivity index (χ4v) is 7.35. The van der Waals surface area contributed by atoms with E-state index in [0.29, 0.717) is 24.8 Å². The average Bonchev–Trinajstić information content (AvgIpc) is 2.58. The van der Waals surface area contributed by atoms with Crippen molar-refractivity contribution in [1.82, 2.24) is 0 Å². The number of aliphatic hydroxyl groups excluding tert-OH is 2. The van der Waals surface area contributed by atoms with Gasteiger partial charge in [0.05, 0.1) is 17.6 Å². The molecule has 0 aliphatic heterocycles. The molecule has 0 amide bonds. The Kier molecular flexibility index (Phi) is 3.15. The molecule has 0 aromatic rings. The lowest BCUT2D eigenvalue weighted by Crippen LogP contribution is -2.67. The van der Waals surface area contributed by atoms with Gasteiger partial charge in [-0.3, -0.25) is 9.59 Å². The molecule has 4 aliphatic carbocycles. The number of fused-ring (bicyclic) bond motifs is 3. The van der Waals surface area contributed by atoms with Crippen LogP contribution in [-0.2, 0) is 9.59 Å². The van der Waals surface area contributed by atoms with Crippen LogP contribution < -0.4 is 0 Å². The van der Waals surface area contributed by atoms with Crippen LogP contribution in [-0.4, -0.2) is 34.0 Å². The van der Waals surface area contributed by atoms with Crippen LogP contribution in [0.2, 0.25) is 0 Å². The second-order valence-electron chi connectivity index (χ2n) is 9.66. The van der Waals surface area contributed by atoms with Gasteiger partial charge in [-0.1, -0.05) is 27.4 Å². The maximum Gasteiger partial charge on any atom is 0.170 e. The molecule has 4 rings (SSSR count). The van der Waals surface area contributed by atoms with E-state index in [2.05, 4.69) is 27.4 Å². The highest BCUT2D eigenvalue weighted by molar-refractivity contribution is 6.04. The summed E-state index contributed by atoms with van der Waals surface area (Å²) in [6.45, 7) is 10.3. The minimum Gasteiger partial charge on any atom is -0.392 e. The Morgan fingerprint density at radius 2 is 1.71 bits per heavy atom. The summed E-state index contributed by atoms with van der Waals surface area (Å²) in [6.07, 6.45) is 1.27. The molecule has 2 N–H and O–H groups in total. The maximum absolute atomic E-state index is 13.1. The Balaban J connectivity index is 1.90. The van der Waals surface area contributed by atoms with Gasteiger partial charge in [-0.05, 0) is 47.5 Å². The molecule has 4 saturated carbocycles. The first-order chi connectivity index (χ1) is 11.1. The van der Waals surface area contributed by atoms with Crippen LogP contribution in [0.15, 0.2) is 12.2 Å². The molecule has 4 aliphatic rings. The number of hydrogen-bond acceptors (Lipinski definition) is 4. The Morgan fingerprint density at radius 3 is 2.38 bits per heavy atom. The van der Waals surface area contributed by atoms with Crippen LogP contribution in [0.3, 0.4) is 0 Å². The molecule has 4 heteroatoms. The number of carbonyl (C=O) groups is 2. The van der Waals surface area contributed by atoms with Crippen LogP contribution in [0, 0.1) is 34.0 Å². The van der Waals surface area contributed by atoms with Crippen molar-refractivity contribution in [3.05, 3.63) is 12.2 Å². The third-order valence-electron chi connectivity index (χ3n) is 8.12. The first-order valence-electron chi connectivity index (χ1n) is 9.18. The van der Waals surface area contributed by atoms with E-state index in [4.69, 9.17) is 0 Å². The van der Waals surface area contributed by atoms with Crippen molar-refractivity contribution in [2.75, 3.05) is 0 Å². The normalized spacial score (nSPS) is 52.9. The Hall–Kier alpha value is -1.00. The zero-order valence-corrected chi connectivity index (χ0v) is 14.8. The Morgan fingerprint density at radius 1 is 1.04 bits per heavy atom. The van der Waals surface area contributed by atoms with Crippen LogP contribution in [0.4, 0.5) is 0 Å². The molecule has 0 aromatic heterocycles. The number of hydrogen-bond donors (Lipinski definition) is 2. The van der Waals surface area contributed by atoms with Crippen molar-refractivity contribution in [2.45, 2.75) is 65.1 Å². The smallest absolute Gasteiger partial charge is 0.170 e. The van der Waals surface area contributed by atoms with E-state index in [0.717, 1.165) is 12.8 Å². The molecule has 7 atom stereocenters. The first-order valence-corrected chi connectivity index (χ1v) is 9.18. The topological polar surface area (TPSA) is 74.6 Å². The maximum atomic E-state index is 13.1. The SMILES string of the molecule is C=C1C(=O)C23C(O)CC4C(C)(C)CC(=O)CC4(C)C2CCC1C3O. The average molecular weight is 332 g/mol. The molecule has 1 spiro atoms. The van der Waals surface area contributed by atoms with Crippen LogP contribution in [0.25, 0.3) is 0 Å². The molecule has 0 heterocycles.